The number of anilines is 4. The van der Waals surface area contributed by atoms with Gasteiger partial charge in [-0.2, -0.15) is 0 Å². The number of nitrogens with one attached hydrogen (secondary N) is 4. The van der Waals surface area contributed by atoms with E-state index in [1.165, 1.54) is 24.3 Å². The van der Waals surface area contributed by atoms with Crippen LogP contribution < -0.4 is 21.3 Å². The van der Waals surface area contributed by atoms with Gasteiger partial charge in [-0.25, -0.2) is 0 Å². The van der Waals surface area contributed by atoms with Crippen molar-refractivity contribution in [3.63, 3.8) is 0 Å². The van der Waals surface area contributed by atoms with Crippen LogP contribution in [-0.2, 0) is 0 Å². The Hall–Kier alpha value is -7.46. The standard InChI is InChI=1S/C42H30N4O6/c47-37-23-25-11-13-27(39(49)43-31-7-3-1-4-8-31)19-29(25)21-35(37)41(51)45-33-15-17-34(18-16-33)46-42(52)36-22-30-20-28(14-12-26(30)24-38(36)48)40(50)44-32-9-5-2-6-10-32/h1-24,47-48H,(H,43,49)(H,44,50)(H,45,51)(H,46,52). The summed E-state index contributed by atoms with van der Waals surface area (Å²) in [5.41, 5.74) is 2.89. The molecular formula is C42H30N4O6. The van der Waals surface area contributed by atoms with E-state index in [0.717, 1.165) is 0 Å². The van der Waals surface area contributed by atoms with Gasteiger partial charge in [0, 0.05) is 33.9 Å². The molecule has 0 aliphatic rings. The third kappa shape index (κ3) is 7.26. The van der Waals surface area contributed by atoms with Crippen LogP contribution in [0.3, 0.4) is 0 Å². The quantitative estimate of drug-likeness (QED) is 0.0943. The molecule has 0 heterocycles. The van der Waals surface area contributed by atoms with E-state index in [1.807, 2.05) is 36.4 Å². The number of benzene rings is 7. The number of rotatable bonds is 8. The molecule has 7 rings (SSSR count). The SMILES string of the molecule is O=C(Nc1ccccc1)c1ccc2cc(O)c(C(=O)Nc3ccc(NC(=O)c4cc5cc(C(=O)Nc6ccccc6)ccc5cc4O)cc3)cc2c1. The minimum absolute atomic E-state index is 0.0120. The highest BCUT2D eigenvalue weighted by molar-refractivity contribution is 6.12. The zero-order chi connectivity index (χ0) is 36.2. The van der Waals surface area contributed by atoms with Crippen molar-refractivity contribution < 1.29 is 29.4 Å². The summed E-state index contributed by atoms with van der Waals surface area (Å²) in [7, 11) is 0. The summed E-state index contributed by atoms with van der Waals surface area (Å²) >= 11 is 0. The first-order valence-corrected chi connectivity index (χ1v) is 16.2. The van der Waals surface area contributed by atoms with Gasteiger partial charge in [-0.15, -0.1) is 0 Å². The molecule has 6 N–H and O–H groups in total. The Balaban J connectivity index is 1.02. The summed E-state index contributed by atoms with van der Waals surface area (Å²) in [6.45, 7) is 0. The Bertz CT molecular complexity index is 2330. The highest BCUT2D eigenvalue weighted by Gasteiger charge is 2.17. The van der Waals surface area contributed by atoms with Gasteiger partial charge in [0.25, 0.3) is 23.6 Å². The average molecular weight is 687 g/mol. The molecule has 0 aliphatic carbocycles. The molecule has 0 aromatic heterocycles. The second-order valence-electron chi connectivity index (χ2n) is 12.0. The fourth-order valence-corrected chi connectivity index (χ4v) is 5.70. The van der Waals surface area contributed by atoms with Gasteiger partial charge in [-0.05, 0) is 119 Å². The molecule has 0 aliphatic heterocycles. The lowest BCUT2D eigenvalue weighted by Crippen LogP contribution is -2.14. The molecule has 4 amide bonds. The molecule has 10 nitrogen and oxygen atoms in total. The molecule has 0 atom stereocenters. The van der Waals surface area contributed by atoms with Crippen molar-refractivity contribution >= 4 is 67.9 Å². The molecule has 0 spiro atoms. The van der Waals surface area contributed by atoms with Crippen LogP contribution in [-0.4, -0.2) is 33.8 Å². The fourth-order valence-electron chi connectivity index (χ4n) is 5.70. The van der Waals surface area contributed by atoms with Crippen molar-refractivity contribution in [2.75, 3.05) is 21.3 Å². The number of aromatic hydroxyl groups is 2. The van der Waals surface area contributed by atoms with Gasteiger partial charge in [-0.1, -0.05) is 48.5 Å². The van der Waals surface area contributed by atoms with E-state index in [1.54, 1.807) is 84.9 Å². The second-order valence-corrected chi connectivity index (χ2v) is 12.0. The molecule has 0 radical (unpaired) electrons. The number of carbonyl (C=O) groups is 4. The number of fused-ring (bicyclic) bond motifs is 2. The van der Waals surface area contributed by atoms with Crippen LogP contribution in [0.1, 0.15) is 41.4 Å². The number of hydrogen-bond acceptors (Lipinski definition) is 6. The van der Waals surface area contributed by atoms with Crippen molar-refractivity contribution in [1.82, 2.24) is 0 Å². The fraction of sp³-hybridized carbons (Fsp3) is 0. The molecular weight excluding hydrogens is 656 g/mol. The van der Waals surface area contributed by atoms with Crippen LogP contribution in [0, 0.1) is 0 Å². The molecule has 7 aromatic carbocycles. The number of carbonyl (C=O) groups excluding carboxylic acids is 4. The van der Waals surface area contributed by atoms with E-state index in [2.05, 4.69) is 21.3 Å². The molecule has 10 heteroatoms. The maximum Gasteiger partial charge on any atom is 0.259 e. The van der Waals surface area contributed by atoms with Gasteiger partial charge in [-0.3, -0.25) is 19.2 Å². The lowest BCUT2D eigenvalue weighted by atomic mass is 10.0. The summed E-state index contributed by atoms with van der Waals surface area (Å²) in [5, 5.41) is 34.9. The Labute approximate surface area is 297 Å². The zero-order valence-corrected chi connectivity index (χ0v) is 27.4. The Morgan fingerprint density at radius 1 is 0.346 bits per heavy atom. The average Bonchev–Trinajstić information content (AvgIpc) is 3.15. The van der Waals surface area contributed by atoms with Crippen LogP contribution in [0.25, 0.3) is 21.5 Å². The van der Waals surface area contributed by atoms with Crippen LogP contribution >= 0.6 is 0 Å². The predicted molar refractivity (Wildman–Crippen MR) is 202 cm³/mol. The third-order valence-electron chi connectivity index (χ3n) is 8.39. The molecule has 0 unspecified atom stereocenters. The minimum atomic E-state index is -0.576. The normalized spacial score (nSPS) is 10.8. The van der Waals surface area contributed by atoms with Crippen molar-refractivity contribution in [3.05, 3.63) is 168 Å². The number of amides is 4. The second kappa shape index (κ2) is 14.2. The summed E-state index contributed by atoms with van der Waals surface area (Å²) in [4.78, 5) is 52.1. The largest absolute Gasteiger partial charge is 0.507 e. The van der Waals surface area contributed by atoms with E-state index >= 15 is 0 Å². The van der Waals surface area contributed by atoms with Gasteiger partial charge in [0.1, 0.15) is 11.5 Å². The first-order valence-electron chi connectivity index (χ1n) is 16.2. The van der Waals surface area contributed by atoms with Crippen molar-refractivity contribution in [3.8, 4) is 11.5 Å². The lowest BCUT2D eigenvalue weighted by molar-refractivity contribution is 0.101. The highest BCUT2D eigenvalue weighted by atomic mass is 16.3. The van der Waals surface area contributed by atoms with Crippen molar-refractivity contribution in [2.45, 2.75) is 0 Å². The van der Waals surface area contributed by atoms with E-state index in [0.29, 0.717) is 55.4 Å². The number of hydrogen-bond donors (Lipinski definition) is 6. The monoisotopic (exact) mass is 686 g/mol. The van der Waals surface area contributed by atoms with Gasteiger partial charge in [0.05, 0.1) is 11.1 Å². The summed E-state index contributed by atoms with van der Waals surface area (Å²) in [6.07, 6.45) is 0. The summed E-state index contributed by atoms with van der Waals surface area (Å²) in [5.74, 6) is -2.23. The van der Waals surface area contributed by atoms with E-state index in [-0.39, 0.29) is 34.4 Å². The maximum absolute atomic E-state index is 13.2. The van der Waals surface area contributed by atoms with E-state index < -0.39 is 11.8 Å². The number of phenolic OH excluding ortho intramolecular Hbond substituents is 2. The first-order chi connectivity index (χ1) is 25.2. The van der Waals surface area contributed by atoms with Crippen LogP contribution in [0.2, 0.25) is 0 Å². The first kappa shape index (κ1) is 33.1. The maximum atomic E-state index is 13.2. The summed E-state index contributed by atoms with van der Waals surface area (Å²) < 4.78 is 0. The number of phenols is 2. The van der Waals surface area contributed by atoms with Crippen LogP contribution in [0.5, 0.6) is 11.5 Å². The van der Waals surface area contributed by atoms with Crippen LogP contribution in [0.4, 0.5) is 22.7 Å². The van der Waals surface area contributed by atoms with E-state index in [9.17, 15) is 29.4 Å². The Kier molecular flexibility index (Phi) is 9.01. The lowest BCUT2D eigenvalue weighted by Gasteiger charge is -2.12. The molecule has 0 saturated carbocycles. The van der Waals surface area contributed by atoms with Crippen LogP contribution in [0.15, 0.2) is 146 Å². The van der Waals surface area contributed by atoms with E-state index in [4.69, 9.17) is 0 Å². The van der Waals surface area contributed by atoms with Gasteiger partial charge in [0.15, 0.2) is 0 Å². The van der Waals surface area contributed by atoms with Gasteiger partial charge >= 0.3 is 0 Å². The highest BCUT2D eigenvalue weighted by Crippen LogP contribution is 2.29. The third-order valence-corrected chi connectivity index (χ3v) is 8.39. The smallest absolute Gasteiger partial charge is 0.259 e. The van der Waals surface area contributed by atoms with Crippen molar-refractivity contribution in [2.24, 2.45) is 0 Å². The molecule has 0 fully saturated rings. The molecule has 52 heavy (non-hydrogen) atoms. The number of para-hydroxylation sites is 2. The molecule has 254 valence electrons. The Morgan fingerprint density at radius 3 is 1.08 bits per heavy atom. The molecule has 0 bridgehead atoms. The summed E-state index contributed by atoms with van der Waals surface area (Å²) in [6, 6.07) is 40.3. The predicted octanol–water partition coefficient (Wildman–Crippen LogP) is 8.41. The van der Waals surface area contributed by atoms with Gasteiger partial charge < -0.3 is 31.5 Å². The zero-order valence-electron chi connectivity index (χ0n) is 27.4. The topological polar surface area (TPSA) is 157 Å². The van der Waals surface area contributed by atoms with Gasteiger partial charge in [0.2, 0.25) is 0 Å². The Morgan fingerprint density at radius 2 is 0.692 bits per heavy atom. The molecule has 0 saturated heterocycles. The van der Waals surface area contributed by atoms with Crippen molar-refractivity contribution in [1.29, 1.82) is 0 Å². The minimum Gasteiger partial charge on any atom is -0.507 e. The molecule has 7 aromatic rings.